The summed E-state index contributed by atoms with van der Waals surface area (Å²) in [6.07, 6.45) is 1.78. The molecule has 0 aliphatic heterocycles. The summed E-state index contributed by atoms with van der Waals surface area (Å²) in [6, 6.07) is 12.9. The Labute approximate surface area is 128 Å². The van der Waals surface area contributed by atoms with Crippen molar-refractivity contribution in [1.29, 1.82) is 0 Å². The maximum Gasteiger partial charge on any atom is 0.258 e. The number of phenolic OH excluding ortho intramolecular Hbond substituents is 1. The molecule has 0 aliphatic rings. The van der Waals surface area contributed by atoms with Crippen LogP contribution in [0.5, 0.6) is 11.5 Å². The zero-order valence-corrected chi connectivity index (χ0v) is 12.5. The van der Waals surface area contributed by atoms with Gasteiger partial charge in [0, 0.05) is 6.20 Å². The lowest BCUT2D eigenvalue weighted by atomic mass is 10.1. The number of pyridine rings is 1. The van der Waals surface area contributed by atoms with Crippen LogP contribution in [0.1, 0.15) is 11.1 Å². The van der Waals surface area contributed by atoms with Crippen LogP contribution in [0.15, 0.2) is 53.5 Å². The van der Waals surface area contributed by atoms with Gasteiger partial charge in [0.25, 0.3) is 5.56 Å². The summed E-state index contributed by atoms with van der Waals surface area (Å²) in [5.41, 5.74) is 1.67. The van der Waals surface area contributed by atoms with E-state index in [1.165, 1.54) is 6.07 Å². The first-order chi connectivity index (χ1) is 10.6. The van der Waals surface area contributed by atoms with Gasteiger partial charge in [-0.15, -0.1) is 0 Å². The fraction of sp³-hybridized carbons (Fsp3) is 0.167. The van der Waals surface area contributed by atoms with Gasteiger partial charge in [0.1, 0.15) is 11.5 Å². The van der Waals surface area contributed by atoms with E-state index in [0.29, 0.717) is 11.9 Å². The molecule has 4 heteroatoms. The highest BCUT2D eigenvalue weighted by Gasteiger charge is 2.07. The van der Waals surface area contributed by atoms with E-state index in [-0.39, 0.29) is 11.3 Å². The van der Waals surface area contributed by atoms with Crippen molar-refractivity contribution in [3.63, 3.8) is 0 Å². The van der Waals surface area contributed by atoms with Crippen LogP contribution >= 0.6 is 0 Å². The Morgan fingerprint density at radius 3 is 2.55 bits per heavy atom. The van der Waals surface area contributed by atoms with Gasteiger partial charge in [-0.1, -0.05) is 12.1 Å². The van der Waals surface area contributed by atoms with Crippen LogP contribution < -0.4 is 10.3 Å². The van der Waals surface area contributed by atoms with Crippen molar-refractivity contribution in [2.45, 2.75) is 13.5 Å². The molecule has 0 radical (unpaired) electrons. The summed E-state index contributed by atoms with van der Waals surface area (Å²) in [4.78, 5) is 12.5. The van der Waals surface area contributed by atoms with E-state index >= 15 is 0 Å². The van der Waals surface area contributed by atoms with Crippen LogP contribution in [0, 0.1) is 6.92 Å². The molecular formula is C18H17NO3. The monoisotopic (exact) mass is 295 g/mol. The number of ether oxygens (including phenoxy) is 1. The molecule has 1 N–H and O–H groups in total. The number of hydrogen-bond acceptors (Lipinski definition) is 3. The van der Waals surface area contributed by atoms with Crippen molar-refractivity contribution < 1.29 is 9.84 Å². The normalized spacial score (nSPS) is 10.8. The Morgan fingerprint density at radius 1 is 1.14 bits per heavy atom. The quantitative estimate of drug-likeness (QED) is 0.808. The molecule has 1 heterocycles. The molecule has 0 amide bonds. The van der Waals surface area contributed by atoms with Crippen LogP contribution in [0.25, 0.3) is 10.8 Å². The first kappa shape index (κ1) is 14.2. The molecule has 0 aliphatic carbocycles. The molecular weight excluding hydrogens is 278 g/mol. The van der Waals surface area contributed by atoms with E-state index < -0.39 is 0 Å². The predicted molar refractivity (Wildman–Crippen MR) is 86.7 cm³/mol. The highest BCUT2D eigenvalue weighted by molar-refractivity contribution is 5.83. The number of aromatic hydroxyl groups is 1. The minimum absolute atomic E-state index is 0.108. The third kappa shape index (κ3) is 2.55. The molecule has 2 aromatic carbocycles. The van der Waals surface area contributed by atoms with Crippen molar-refractivity contribution in [3.8, 4) is 11.5 Å². The van der Waals surface area contributed by atoms with Crippen molar-refractivity contribution in [3.05, 3.63) is 70.1 Å². The van der Waals surface area contributed by atoms with Gasteiger partial charge in [-0.05, 0) is 53.8 Å². The van der Waals surface area contributed by atoms with Gasteiger partial charge >= 0.3 is 0 Å². The molecule has 3 aromatic rings. The zero-order chi connectivity index (χ0) is 15.7. The second-order valence-corrected chi connectivity index (χ2v) is 5.32. The van der Waals surface area contributed by atoms with Gasteiger partial charge in [-0.25, -0.2) is 0 Å². The van der Waals surface area contributed by atoms with Crippen LogP contribution in [0.4, 0.5) is 0 Å². The standard InChI is InChI=1S/C18H17NO3/c1-12-9-14-7-8-19(18(21)16(14)10-17(12)20)11-13-3-5-15(22-2)6-4-13/h3-10,20H,11H2,1-2H3. The lowest BCUT2D eigenvalue weighted by Gasteiger charge is -2.09. The maximum absolute atomic E-state index is 12.5. The number of aryl methyl sites for hydroxylation is 1. The summed E-state index contributed by atoms with van der Waals surface area (Å²) in [5.74, 6) is 0.932. The second-order valence-electron chi connectivity index (χ2n) is 5.32. The van der Waals surface area contributed by atoms with E-state index in [4.69, 9.17) is 4.74 Å². The van der Waals surface area contributed by atoms with Crippen molar-refractivity contribution in [2.75, 3.05) is 7.11 Å². The lowest BCUT2D eigenvalue weighted by molar-refractivity contribution is 0.414. The summed E-state index contributed by atoms with van der Waals surface area (Å²) < 4.78 is 6.77. The number of rotatable bonds is 3. The van der Waals surface area contributed by atoms with Gasteiger partial charge in [0.15, 0.2) is 0 Å². The van der Waals surface area contributed by atoms with Gasteiger partial charge < -0.3 is 14.4 Å². The Morgan fingerprint density at radius 2 is 1.86 bits per heavy atom. The Hall–Kier alpha value is -2.75. The molecule has 0 unspecified atom stereocenters. The van der Waals surface area contributed by atoms with Gasteiger partial charge in [0.2, 0.25) is 0 Å². The Kier molecular flexibility index (Phi) is 3.59. The van der Waals surface area contributed by atoms with E-state index in [1.54, 1.807) is 17.9 Å². The number of aromatic nitrogens is 1. The number of hydrogen-bond donors (Lipinski definition) is 1. The Balaban J connectivity index is 2.02. The predicted octanol–water partition coefficient (Wildman–Crippen LogP) is 3.07. The van der Waals surface area contributed by atoms with Crippen LogP contribution in [0.3, 0.4) is 0 Å². The average molecular weight is 295 g/mol. The number of fused-ring (bicyclic) bond motifs is 1. The number of benzene rings is 2. The molecule has 0 spiro atoms. The third-order valence-electron chi connectivity index (χ3n) is 3.81. The number of methoxy groups -OCH3 is 1. The van der Waals surface area contributed by atoms with Gasteiger partial charge in [-0.3, -0.25) is 4.79 Å². The van der Waals surface area contributed by atoms with Crippen LogP contribution in [-0.4, -0.2) is 16.8 Å². The largest absolute Gasteiger partial charge is 0.508 e. The molecule has 1 aromatic heterocycles. The van der Waals surface area contributed by atoms with Crippen molar-refractivity contribution >= 4 is 10.8 Å². The first-order valence-electron chi connectivity index (χ1n) is 7.04. The second kappa shape index (κ2) is 5.56. The maximum atomic E-state index is 12.5. The van der Waals surface area contributed by atoms with E-state index in [9.17, 15) is 9.90 Å². The fourth-order valence-electron chi connectivity index (χ4n) is 2.49. The molecule has 22 heavy (non-hydrogen) atoms. The third-order valence-corrected chi connectivity index (χ3v) is 3.81. The molecule has 0 saturated heterocycles. The summed E-state index contributed by atoms with van der Waals surface area (Å²) in [7, 11) is 1.62. The highest BCUT2D eigenvalue weighted by Crippen LogP contribution is 2.22. The SMILES string of the molecule is COc1ccc(Cn2ccc3cc(C)c(O)cc3c2=O)cc1. The molecule has 0 bridgehead atoms. The highest BCUT2D eigenvalue weighted by atomic mass is 16.5. The van der Waals surface area contributed by atoms with Crippen molar-refractivity contribution in [2.24, 2.45) is 0 Å². The number of nitrogens with zero attached hydrogens (tertiary/aromatic N) is 1. The van der Waals surface area contributed by atoms with E-state index in [2.05, 4.69) is 0 Å². The zero-order valence-electron chi connectivity index (χ0n) is 12.5. The van der Waals surface area contributed by atoms with Crippen LogP contribution in [0.2, 0.25) is 0 Å². The molecule has 0 saturated carbocycles. The minimum atomic E-state index is -0.108. The fourth-order valence-corrected chi connectivity index (χ4v) is 2.49. The smallest absolute Gasteiger partial charge is 0.258 e. The van der Waals surface area contributed by atoms with Gasteiger partial charge in [-0.2, -0.15) is 0 Å². The molecule has 3 rings (SSSR count). The average Bonchev–Trinajstić information content (AvgIpc) is 2.53. The van der Waals surface area contributed by atoms with E-state index in [1.807, 2.05) is 43.3 Å². The van der Waals surface area contributed by atoms with Crippen LogP contribution in [-0.2, 0) is 6.54 Å². The van der Waals surface area contributed by atoms with Gasteiger partial charge in [0.05, 0.1) is 19.0 Å². The summed E-state index contributed by atoms with van der Waals surface area (Å²) >= 11 is 0. The minimum Gasteiger partial charge on any atom is -0.508 e. The molecule has 0 atom stereocenters. The summed E-state index contributed by atoms with van der Waals surface area (Å²) in [5, 5.41) is 11.2. The van der Waals surface area contributed by atoms with Crippen molar-refractivity contribution in [1.82, 2.24) is 4.57 Å². The lowest BCUT2D eigenvalue weighted by Crippen LogP contribution is -2.20. The summed E-state index contributed by atoms with van der Waals surface area (Å²) in [6.45, 7) is 2.30. The Bertz CT molecular complexity index is 879. The molecule has 4 nitrogen and oxygen atoms in total. The molecule has 0 fully saturated rings. The molecule has 112 valence electrons. The first-order valence-corrected chi connectivity index (χ1v) is 7.04. The topological polar surface area (TPSA) is 51.5 Å². The van der Waals surface area contributed by atoms with E-state index in [0.717, 1.165) is 22.3 Å². The number of phenols is 1.